The van der Waals surface area contributed by atoms with Gasteiger partial charge < -0.3 is 24.8 Å². The number of hydrogen-bond acceptors (Lipinski definition) is 4. The third-order valence-electron chi connectivity index (χ3n) is 6.12. The minimum atomic E-state index is -0.532. The molecule has 0 radical (unpaired) electrons. The van der Waals surface area contributed by atoms with E-state index in [-0.39, 0.29) is 35.5 Å². The van der Waals surface area contributed by atoms with Crippen LogP contribution in [0.1, 0.15) is 60.3 Å². The summed E-state index contributed by atoms with van der Waals surface area (Å²) >= 11 is 0. The molecule has 3 heterocycles. The molecule has 3 aliphatic heterocycles. The van der Waals surface area contributed by atoms with Crippen molar-refractivity contribution in [1.29, 1.82) is 0 Å². The number of amides is 4. The fourth-order valence-electron chi connectivity index (χ4n) is 4.75. The lowest BCUT2D eigenvalue weighted by Gasteiger charge is -2.33. The molecule has 3 saturated heterocycles. The Morgan fingerprint density at radius 1 is 1.17 bits per heavy atom. The Balaban J connectivity index is 1.62. The molecule has 0 aliphatic carbocycles. The summed E-state index contributed by atoms with van der Waals surface area (Å²) in [5.41, 5.74) is -0.678. The van der Waals surface area contributed by atoms with Crippen molar-refractivity contribution in [1.82, 2.24) is 20.0 Å². The molecule has 3 atom stereocenters. The molecule has 3 unspecified atom stereocenters. The highest BCUT2D eigenvalue weighted by Crippen LogP contribution is 2.31. The zero-order valence-corrected chi connectivity index (χ0v) is 18.7. The molecule has 3 rings (SSSR count). The van der Waals surface area contributed by atoms with E-state index in [1.165, 1.54) is 0 Å². The molecule has 0 aromatic rings. The number of ether oxygens (including phenoxy) is 1. The van der Waals surface area contributed by atoms with Crippen LogP contribution in [0.25, 0.3) is 0 Å². The first-order valence-electron chi connectivity index (χ1n) is 10.7. The quantitative estimate of drug-likeness (QED) is 0.761. The number of piperidine rings is 1. The summed E-state index contributed by atoms with van der Waals surface area (Å²) in [6.07, 6.45) is 2.71. The maximum Gasteiger partial charge on any atom is 0.410 e. The summed E-state index contributed by atoms with van der Waals surface area (Å²) in [4.78, 5) is 43.2. The molecule has 2 bridgehead atoms. The molecule has 8 nitrogen and oxygen atoms in total. The second kappa shape index (κ2) is 7.69. The first-order chi connectivity index (χ1) is 13.4. The van der Waals surface area contributed by atoms with Gasteiger partial charge in [-0.15, -0.1) is 0 Å². The number of likely N-dealkylation sites (tertiary alicyclic amines) is 1. The van der Waals surface area contributed by atoms with Crippen LogP contribution in [0.5, 0.6) is 0 Å². The molecular weight excluding hydrogens is 372 g/mol. The minimum absolute atomic E-state index is 0.0295. The van der Waals surface area contributed by atoms with Gasteiger partial charge in [0, 0.05) is 32.7 Å². The van der Waals surface area contributed by atoms with Crippen LogP contribution in [0, 0.1) is 5.41 Å². The molecule has 3 aliphatic rings. The lowest BCUT2D eigenvalue weighted by atomic mass is 9.85. The highest BCUT2D eigenvalue weighted by Gasteiger charge is 2.45. The van der Waals surface area contributed by atoms with Gasteiger partial charge in [-0.05, 0) is 51.9 Å². The standard InChI is InChI=1S/C21H36N4O4/c1-20(2,3)29-19(28)24-10-9-14(11-21(4,5)13-24)22-17(26)16-8-7-15-12-25(16)18(27)23(15)6/h14-16H,7-13H2,1-6H3,(H,22,26). The number of fused-ring (bicyclic) bond motifs is 2. The van der Waals surface area contributed by atoms with E-state index in [0.29, 0.717) is 32.5 Å². The van der Waals surface area contributed by atoms with Crippen molar-refractivity contribution in [3.05, 3.63) is 0 Å². The summed E-state index contributed by atoms with van der Waals surface area (Å²) in [5.74, 6) is -0.0707. The molecule has 0 saturated carbocycles. The maximum absolute atomic E-state index is 13.0. The second-order valence-corrected chi connectivity index (χ2v) is 10.6. The van der Waals surface area contributed by atoms with Crippen LogP contribution in [0.2, 0.25) is 0 Å². The molecule has 0 aromatic heterocycles. The van der Waals surface area contributed by atoms with Gasteiger partial charge in [0.2, 0.25) is 5.91 Å². The van der Waals surface area contributed by atoms with E-state index in [0.717, 1.165) is 12.8 Å². The zero-order valence-electron chi connectivity index (χ0n) is 18.7. The number of nitrogens with zero attached hydrogens (tertiary/aromatic N) is 3. The van der Waals surface area contributed by atoms with E-state index < -0.39 is 11.6 Å². The Morgan fingerprint density at radius 3 is 2.52 bits per heavy atom. The van der Waals surface area contributed by atoms with Gasteiger partial charge in [-0.1, -0.05) is 13.8 Å². The third kappa shape index (κ3) is 4.95. The largest absolute Gasteiger partial charge is 0.444 e. The van der Waals surface area contributed by atoms with Gasteiger partial charge >= 0.3 is 12.1 Å². The molecule has 1 N–H and O–H groups in total. The van der Waals surface area contributed by atoms with Gasteiger partial charge in [-0.25, -0.2) is 9.59 Å². The average molecular weight is 409 g/mol. The fourth-order valence-corrected chi connectivity index (χ4v) is 4.75. The van der Waals surface area contributed by atoms with Crippen molar-refractivity contribution in [2.75, 3.05) is 26.7 Å². The number of urea groups is 1. The van der Waals surface area contributed by atoms with E-state index in [9.17, 15) is 14.4 Å². The summed E-state index contributed by atoms with van der Waals surface area (Å²) in [6.45, 7) is 11.6. The van der Waals surface area contributed by atoms with Crippen molar-refractivity contribution >= 4 is 18.0 Å². The molecule has 0 aromatic carbocycles. The SMILES string of the molecule is CN1C(=O)N2CC1CCC2C(=O)NC1CCN(C(=O)OC(C)(C)C)CC(C)(C)C1. The van der Waals surface area contributed by atoms with Crippen molar-refractivity contribution in [2.24, 2.45) is 5.41 Å². The molecule has 164 valence electrons. The summed E-state index contributed by atoms with van der Waals surface area (Å²) in [5, 5.41) is 3.18. The van der Waals surface area contributed by atoms with Crippen molar-refractivity contribution < 1.29 is 19.1 Å². The Hall–Kier alpha value is -1.99. The molecule has 3 fully saturated rings. The lowest BCUT2D eigenvalue weighted by Crippen LogP contribution is -2.52. The van der Waals surface area contributed by atoms with E-state index in [2.05, 4.69) is 19.2 Å². The number of likely N-dealkylation sites (N-methyl/N-ethyl adjacent to an activating group) is 1. The van der Waals surface area contributed by atoms with Gasteiger partial charge in [0.25, 0.3) is 0 Å². The summed E-state index contributed by atoms with van der Waals surface area (Å²) < 4.78 is 5.54. The van der Waals surface area contributed by atoms with Gasteiger partial charge in [-0.3, -0.25) is 4.79 Å². The van der Waals surface area contributed by atoms with Crippen molar-refractivity contribution in [3.8, 4) is 0 Å². The van der Waals surface area contributed by atoms with Gasteiger partial charge in [0.05, 0.1) is 6.04 Å². The predicted octanol–water partition coefficient (Wildman–Crippen LogP) is 2.43. The Kier molecular flexibility index (Phi) is 5.75. The zero-order chi connectivity index (χ0) is 21.6. The number of carbonyl (C=O) groups excluding carboxylic acids is 3. The van der Waals surface area contributed by atoms with Gasteiger partial charge in [0.15, 0.2) is 0 Å². The smallest absolute Gasteiger partial charge is 0.410 e. The van der Waals surface area contributed by atoms with Gasteiger partial charge in [0.1, 0.15) is 11.6 Å². The Bertz CT molecular complexity index is 672. The van der Waals surface area contributed by atoms with Crippen LogP contribution in [0.3, 0.4) is 0 Å². The number of carbonyl (C=O) groups is 3. The maximum atomic E-state index is 13.0. The highest BCUT2D eigenvalue weighted by molar-refractivity contribution is 5.89. The van der Waals surface area contributed by atoms with Crippen LogP contribution >= 0.6 is 0 Å². The normalized spacial score (nSPS) is 29.5. The van der Waals surface area contributed by atoms with Gasteiger partial charge in [-0.2, -0.15) is 0 Å². The van der Waals surface area contributed by atoms with E-state index in [4.69, 9.17) is 4.74 Å². The number of nitrogens with one attached hydrogen (secondary N) is 1. The summed E-state index contributed by atoms with van der Waals surface area (Å²) in [7, 11) is 1.81. The number of rotatable bonds is 2. The topological polar surface area (TPSA) is 82.2 Å². The van der Waals surface area contributed by atoms with Crippen LogP contribution in [-0.4, -0.2) is 83.1 Å². The Morgan fingerprint density at radius 2 is 1.86 bits per heavy atom. The second-order valence-electron chi connectivity index (χ2n) is 10.6. The number of hydrogen-bond donors (Lipinski definition) is 1. The molecule has 4 amide bonds. The van der Waals surface area contributed by atoms with Crippen LogP contribution in [-0.2, 0) is 9.53 Å². The molecule has 8 heteroatoms. The fraction of sp³-hybridized carbons (Fsp3) is 0.857. The molecular formula is C21H36N4O4. The minimum Gasteiger partial charge on any atom is -0.444 e. The van der Waals surface area contributed by atoms with Crippen LogP contribution in [0.15, 0.2) is 0 Å². The van der Waals surface area contributed by atoms with E-state index in [1.807, 2.05) is 27.8 Å². The highest BCUT2D eigenvalue weighted by atomic mass is 16.6. The molecule has 0 spiro atoms. The van der Waals surface area contributed by atoms with Crippen molar-refractivity contribution in [3.63, 3.8) is 0 Å². The first kappa shape index (κ1) is 21.7. The average Bonchev–Trinajstić information content (AvgIpc) is 2.73. The third-order valence-corrected chi connectivity index (χ3v) is 6.12. The van der Waals surface area contributed by atoms with E-state index in [1.54, 1.807) is 14.7 Å². The lowest BCUT2D eigenvalue weighted by molar-refractivity contribution is -0.127. The van der Waals surface area contributed by atoms with Crippen LogP contribution in [0.4, 0.5) is 9.59 Å². The first-order valence-corrected chi connectivity index (χ1v) is 10.7. The van der Waals surface area contributed by atoms with Crippen LogP contribution < -0.4 is 5.32 Å². The molecule has 29 heavy (non-hydrogen) atoms. The van der Waals surface area contributed by atoms with E-state index >= 15 is 0 Å². The van der Waals surface area contributed by atoms with Crippen molar-refractivity contribution in [2.45, 2.75) is 84.0 Å². The summed E-state index contributed by atoms with van der Waals surface area (Å²) in [6, 6.07) is -0.245. The Labute approximate surface area is 173 Å². The monoisotopic (exact) mass is 408 g/mol. The predicted molar refractivity (Wildman–Crippen MR) is 109 cm³/mol.